The molecule has 0 aromatic heterocycles. The van der Waals surface area contributed by atoms with Gasteiger partial charge in [-0.15, -0.1) is 0 Å². The number of rotatable bonds is 10. The molecule has 1 aromatic carbocycles. The standard InChI is InChI=1S/C25H39ClN4O4/c1-25(2,3)29-24(32)28-19-13-18(14-27-15-19)23(31)30(20-7-8-20)16-17-6-9-21(26)22(12-17)34-11-5-10-33-4/h6,9,12,18-20,27H,5,7-8,10-11,13-16H2,1-4H3,(H2,28,29,32)/t18-,19-/m0/s1. The molecule has 2 fully saturated rings. The lowest BCUT2D eigenvalue weighted by Crippen LogP contribution is -2.56. The minimum absolute atomic E-state index is 0.0891. The zero-order chi connectivity index (χ0) is 24.7. The summed E-state index contributed by atoms with van der Waals surface area (Å²) in [6.45, 7) is 8.78. The van der Waals surface area contributed by atoms with Gasteiger partial charge in [-0.3, -0.25) is 4.79 Å². The predicted octanol–water partition coefficient (Wildman–Crippen LogP) is 3.32. The number of urea groups is 1. The van der Waals surface area contributed by atoms with E-state index in [0.29, 0.717) is 50.0 Å². The Morgan fingerprint density at radius 2 is 1.97 bits per heavy atom. The van der Waals surface area contributed by atoms with E-state index in [0.717, 1.165) is 24.8 Å². The quantitative estimate of drug-likeness (QED) is 0.434. The molecule has 1 aromatic rings. The molecule has 3 N–H and O–H groups in total. The van der Waals surface area contributed by atoms with Crippen LogP contribution in [0.3, 0.4) is 0 Å². The summed E-state index contributed by atoms with van der Waals surface area (Å²) in [5.74, 6) is 0.591. The average molecular weight is 495 g/mol. The van der Waals surface area contributed by atoms with Gasteiger partial charge in [0.15, 0.2) is 0 Å². The van der Waals surface area contributed by atoms with Crippen LogP contribution in [0.15, 0.2) is 18.2 Å². The van der Waals surface area contributed by atoms with Gasteiger partial charge < -0.3 is 30.3 Å². The summed E-state index contributed by atoms with van der Waals surface area (Å²) >= 11 is 6.32. The van der Waals surface area contributed by atoms with E-state index in [1.54, 1.807) is 7.11 Å². The number of carbonyl (C=O) groups excluding carboxylic acids is 2. The summed E-state index contributed by atoms with van der Waals surface area (Å²) in [4.78, 5) is 27.8. The van der Waals surface area contributed by atoms with Crippen LogP contribution in [-0.2, 0) is 16.1 Å². The third kappa shape index (κ3) is 8.32. The van der Waals surface area contributed by atoms with Gasteiger partial charge in [0.05, 0.1) is 17.5 Å². The normalized spacial score (nSPS) is 20.5. The molecule has 2 atom stereocenters. The van der Waals surface area contributed by atoms with Gasteiger partial charge in [-0.1, -0.05) is 17.7 Å². The van der Waals surface area contributed by atoms with Crippen LogP contribution in [0.25, 0.3) is 0 Å². The second kappa shape index (κ2) is 12.1. The van der Waals surface area contributed by atoms with Crippen LogP contribution in [0.5, 0.6) is 5.75 Å². The monoisotopic (exact) mass is 494 g/mol. The summed E-state index contributed by atoms with van der Waals surface area (Å²) in [6.07, 6.45) is 3.45. The zero-order valence-electron chi connectivity index (χ0n) is 20.8. The van der Waals surface area contributed by atoms with Crippen LogP contribution >= 0.6 is 11.6 Å². The third-order valence-electron chi connectivity index (χ3n) is 5.89. The van der Waals surface area contributed by atoms with Crippen molar-refractivity contribution in [3.05, 3.63) is 28.8 Å². The lowest BCUT2D eigenvalue weighted by Gasteiger charge is -2.34. The van der Waals surface area contributed by atoms with Gasteiger partial charge in [0.1, 0.15) is 5.75 Å². The van der Waals surface area contributed by atoms with E-state index in [-0.39, 0.29) is 35.5 Å². The highest BCUT2D eigenvalue weighted by molar-refractivity contribution is 6.32. The van der Waals surface area contributed by atoms with Gasteiger partial charge in [-0.2, -0.15) is 0 Å². The largest absolute Gasteiger partial charge is 0.492 e. The molecule has 1 aliphatic heterocycles. The molecule has 0 unspecified atom stereocenters. The fourth-order valence-electron chi connectivity index (χ4n) is 4.15. The number of halogens is 1. The molecule has 9 heteroatoms. The van der Waals surface area contributed by atoms with Gasteiger partial charge in [-0.05, 0) is 57.7 Å². The van der Waals surface area contributed by atoms with E-state index in [4.69, 9.17) is 21.1 Å². The number of piperidine rings is 1. The van der Waals surface area contributed by atoms with Crippen molar-refractivity contribution >= 4 is 23.5 Å². The topological polar surface area (TPSA) is 91.9 Å². The number of nitrogens with zero attached hydrogens (tertiary/aromatic N) is 1. The van der Waals surface area contributed by atoms with Gasteiger partial charge in [0.25, 0.3) is 0 Å². The van der Waals surface area contributed by atoms with E-state index < -0.39 is 0 Å². The maximum Gasteiger partial charge on any atom is 0.315 e. The zero-order valence-corrected chi connectivity index (χ0v) is 21.5. The van der Waals surface area contributed by atoms with Crippen molar-refractivity contribution in [3.63, 3.8) is 0 Å². The Balaban J connectivity index is 1.61. The number of benzene rings is 1. The molecule has 3 rings (SSSR count). The Morgan fingerprint density at radius 3 is 2.65 bits per heavy atom. The molecule has 8 nitrogen and oxygen atoms in total. The first kappa shape index (κ1) is 26.6. The minimum atomic E-state index is -0.310. The van der Waals surface area contributed by atoms with E-state index in [2.05, 4.69) is 16.0 Å². The SMILES string of the molecule is COCCCOc1cc(CN(C(=O)[C@@H]2CNC[C@@H](NC(=O)NC(C)(C)C)C2)C2CC2)ccc1Cl. The Bertz CT molecular complexity index is 841. The molecule has 0 radical (unpaired) electrons. The molecule has 0 bridgehead atoms. The van der Waals surface area contributed by atoms with Crippen LogP contribution < -0.4 is 20.7 Å². The van der Waals surface area contributed by atoms with Crippen molar-refractivity contribution in [2.24, 2.45) is 5.92 Å². The van der Waals surface area contributed by atoms with Crippen LogP contribution in [0.1, 0.15) is 52.0 Å². The molecule has 190 valence electrons. The number of carbonyl (C=O) groups is 2. The summed E-state index contributed by atoms with van der Waals surface area (Å²) < 4.78 is 10.9. The number of hydrogen-bond acceptors (Lipinski definition) is 5. The number of hydrogen-bond donors (Lipinski definition) is 3. The van der Waals surface area contributed by atoms with Crippen LogP contribution in [0, 0.1) is 5.92 Å². The van der Waals surface area contributed by atoms with Crippen LogP contribution in [-0.4, -0.2) is 67.9 Å². The van der Waals surface area contributed by atoms with E-state index in [1.165, 1.54) is 0 Å². The third-order valence-corrected chi connectivity index (χ3v) is 6.21. The minimum Gasteiger partial charge on any atom is -0.492 e. The van der Waals surface area contributed by atoms with Crippen molar-refractivity contribution in [2.75, 3.05) is 33.4 Å². The molecule has 1 aliphatic carbocycles. The first-order valence-electron chi connectivity index (χ1n) is 12.2. The molecule has 0 spiro atoms. The maximum absolute atomic E-state index is 13.5. The molecule has 34 heavy (non-hydrogen) atoms. The van der Waals surface area contributed by atoms with E-state index in [1.807, 2.05) is 43.9 Å². The highest BCUT2D eigenvalue weighted by Gasteiger charge is 2.38. The highest BCUT2D eigenvalue weighted by atomic mass is 35.5. The second-order valence-electron chi connectivity index (χ2n) is 10.3. The van der Waals surface area contributed by atoms with Crippen LogP contribution in [0.4, 0.5) is 4.79 Å². The van der Waals surface area contributed by atoms with Crippen LogP contribution in [0.2, 0.25) is 5.02 Å². The molecular formula is C25H39ClN4O4. The summed E-state index contributed by atoms with van der Waals surface area (Å²) in [5, 5.41) is 9.82. The van der Waals surface area contributed by atoms with Gasteiger partial charge in [-0.25, -0.2) is 4.79 Å². The molecule has 3 amide bonds. The molecule has 2 aliphatic rings. The number of methoxy groups -OCH3 is 1. The molecule has 1 heterocycles. The fraction of sp³-hybridized carbons (Fsp3) is 0.680. The molecular weight excluding hydrogens is 456 g/mol. The van der Waals surface area contributed by atoms with E-state index in [9.17, 15) is 9.59 Å². The van der Waals surface area contributed by atoms with Crippen molar-refractivity contribution in [2.45, 2.75) is 70.6 Å². The maximum atomic E-state index is 13.5. The van der Waals surface area contributed by atoms with E-state index >= 15 is 0 Å². The Kier molecular flexibility index (Phi) is 9.45. The number of nitrogens with one attached hydrogen (secondary N) is 3. The number of ether oxygens (including phenoxy) is 2. The lowest BCUT2D eigenvalue weighted by molar-refractivity contribution is -0.137. The fourth-order valence-corrected chi connectivity index (χ4v) is 4.32. The smallest absolute Gasteiger partial charge is 0.315 e. The highest BCUT2D eigenvalue weighted by Crippen LogP contribution is 2.32. The Morgan fingerprint density at radius 1 is 1.21 bits per heavy atom. The first-order valence-corrected chi connectivity index (χ1v) is 12.5. The van der Waals surface area contributed by atoms with Crippen molar-refractivity contribution in [1.29, 1.82) is 0 Å². The summed E-state index contributed by atoms with van der Waals surface area (Å²) in [5.41, 5.74) is 0.684. The van der Waals surface area contributed by atoms with Gasteiger partial charge in [0, 0.05) is 57.4 Å². The summed E-state index contributed by atoms with van der Waals surface area (Å²) in [7, 11) is 1.66. The van der Waals surface area contributed by atoms with Crippen molar-refractivity contribution < 1.29 is 19.1 Å². The van der Waals surface area contributed by atoms with Crippen molar-refractivity contribution in [3.8, 4) is 5.75 Å². The summed E-state index contributed by atoms with van der Waals surface area (Å²) in [6, 6.07) is 5.69. The average Bonchev–Trinajstić information content (AvgIpc) is 3.60. The van der Waals surface area contributed by atoms with Gasteiger partial charge in [0.2, 0.25) is 5.91 Å². The van der Waals surface area contributed by atoms with Gasteiger partial charge >= 0.3 is 6.03 Å². The Labute approximate surface area is 208 Å². The first-order chi connectivity index (χ1) is 16.2. The Hall–Kier alpha value is -2.03. The predicted molar refractivity (Wildman–Crippen MR) is 133 cm³/mol. The molecule has 1 saturated heterocycles. The molecule has 1 saturated carbocycles. The number of amides is 3. The second-order valence-corrected chi connectivity index (χ2v) is 10.7. The lowest BCUT2D eigenvalue weighted by atomic mass is 9.94. The van der Waals surface area contributed by atoms with Crippen molar-refractivity contribution in [1.82, 2.24) is 20.9 Å².